The average Bonchev–Trinajstić information content (AvgIpc) is 2.36. The van der Waals surface area contributed by atoms with Gasteiger partial charge in [-0.15, -0.1) is 6.58 Å². The predicted molar refractivity (Wildman–Crippen MR) is 71.4 cm³/mol. The highest BCUT2D eigenvalue weighted by atomic mass is 35.5. The number of aliphatic carboxylic acids is 1. The second-order valence-corrected chi connectivity index (χ2v) is 4.84. The van der Waals surface area contributed by atoms with E-state index in [1.807, 2.05) is 0 Å². The van der Waals surface area contributed by atoms with Crippen molar-refractivity contribution in [3.8, 4) is 5.75 Å². The van der Waals surface area contributed by atoms with Crippen molar-refractivity contribution >= 4 is 23.6 Å². The molecule has 0 saturated heterocycles. The number of carboxylic acid groups (broad SMARTS) is 1. The van der Waals surface area contributed by atoms with Crippen molar-refractivity contribution < 1.29 is 27.8 Å². The molecule has 112 valence electrons. The first-order valence-electron chi connectivity index (χ1n) is 5.85. The minimum atomic E-state index is -4.84. The molecule has 1 aromatic rings. The average molecular weight is 319 g/mol. The number of benzene rings is 1. The number of rotatable bonds is 3. The molecule has 1 heterocycles. The molecule has 0 aliphatic carbocycles. The lowest BCUT2D eigenvalue weighted by atomic mass is 9.99. The summed E-state index contributed by atoms with van der Waals surface area (Å²) in [6, 6.07) is 2.99. The van der Waals surface area contributed by atoms with Crippen molar-refractivity contribution in [2.45, 2.75) is 18.7 Å². The number of hydrogen-bond donors (Lipinski definition) is 1. The van der Waals surface area contributed by atoms with Crippen LogP contribution in [0.2, 0.25) is 5.02 Å². The van der Waals surface area contributed by atoms with Gasteiger partial charge < -0.3 is 9.84 Å². The predicted octanol–water partition coefficient (Wildman–Crippen LogP) is 3.86. The van der Waals surface area contributed by atoms with E-state index in [0.29, 0.717) is 12.0 Å². The van der Waals surface area contributed by atoms with E-state index >= 15 is 0 Å². The molecule has 1 atom stereocenters. The van der Waals surface area contributed by atoms with Gasteiger partial charge in [0.1, 0.15) is 5.75 Å². The standard InChI is InChI=1S/C14H10ClF3O3/c1-2-3-7-4-8-6-9(13(19)20)12(14(16,17)18)21-11(8)10(15)5-7/h2,4-6,12H,1,3H2,(H,19,20). The van der Waals surface area contributed by atoms with E-state index in [0.717, 1.165) is 6.08 Å². The highest BCUT2D eigenvalue weighted by Gasteiger charge is 2.48. The van der Waals surface area contributed by atoms with E-state index < -0.39 is 23.8 Å². The van der Waals surface area contributed by atoms with Gasteiger partial charge in [-0.2, -0.15) is 13.2 Å². The van der Waals surface area contributed by atoms with Crippen LogP contribution in [0.1, 0.15) is 11.1 Å². The Hall–Kier alpha value is -1.95. The van der Waals surface area contributed by atoms with Crippen LogP contribution in [0.25, 0.3) is 6.08 Å². The second kappa shape index (κ2) is 5.44. The largest absolute Gasteiger partial charge is 0.478 e. The Morgan fingerprint density at radius 2 is 2.14 bits per heavy atom. The molecular weight excluding hydrogens is 309 g/mol. The highest BCUT2D eigenvalue weighted by Crippen LogP contribution is 2.41. The molecule has 7 heteroatoms. The number of ether oxygens (including phenoxy) is 1. The molecule has 1 aliphatic rings. The number of allylic oxidation sites excluding steroid dienone is 1. The molecule has 3 nitrogen and oxygen atoms in total. The quantitative estimate of drug-likeness (QED) is 0.861. The Morgan fingerprint density at radius 3 is 2.67 bits per heavy atom. The maximum Gasteiger partial charge on any atom is 0.430 e. The van der Waals surface area contributed by atoms with Crippen molar-refractivity contribution in [3.63, 3.8) is 0 Å². The van der Waals surface area contributed by atoms with Crippen molar-refractivity contribution in [2.75, 3.05) is 0 Å². The SMILES string of the molecule is C=CCc1cc(Cl)c2c(c1)C=C(C(=O)O)C(C(F)(F)F)O2. The number of carboxylic acids is 1. The molecule has 0 spiro atoms. The first-order chi connectivity index (χ1) is 9.74. The van der Waals surface area contributed by atoms with E-state index in [1.54, 1.807) is 6.08 Å². The molecule has 21 heavy (non-hydrogen) atoms. The first kappa shape index (κ1) is 15.4. The highest BCUT2D eigenvalue weighted by molar-refractivity contribution is 6.32. The molecular formula is C14H10ClF3O3. The van der Waals surface area contributed by atoms with E-state index in [-0.39, 0.29) is 16.3 Å². The molecule has 0 bridgehead atoms. The number of halogens is 4. The number of alkyl halides is 3. The zero-order valence-corrected chi connectivity index (χ0v) is 11.3. The van der Waals surface area contributed by atoms with Gasteiger partial charge in [0, 0.05) is 5.56 Å². The molecule has 1 N–H and O–H groups in total. The zero-order chi connectivity index (χ0) is 15.8. The van der Waals surface area contributed by atoms with Crippen molar-refractivity contribution in [2.24, 2.45) is 0 Å². The fourth-order valence-corrected chi connectivity index (χ4v) is 2.32. The number of hydrogen-bond acceptors (Lipinski definition) is 2. The summed E-state index contributed by atoms with van der Waals surface area (Å²) < 4.78 is 43.5. The third-order valence-corrected chi connectivity index (χ3v) is 3.17. The summed E-state index contributed by atoms with van der Waals surface area (Å²) in [5, 5.41) is 8.94. The molecule has 0 amide bonds. The maximum atomic E-state index is 12.9. The summed E-state index contributed by atoms with van der Waals surface area (Å²) in [7, 11) is 0. The van der Waals surface area contributed by atoms with E-state index in [4.69, 9.17) is 21.4 Å². The molecule has 2 rings (SSSR count). The molecule has 1 aliphatic heterocycles. The lowest BCUT2D eigenvalue weighted by Crippen LogP contribution is -2.40. The number of fused-ring (bicyclic) bond motifs is 1. The Morgan fingerprint density at radius 1 is 1.48 bits per heavy atom. The third kappa shape index (κ3) is 3.05. The van der Waals surface area contributed by atoms with Crippen LogP contribution in [0.3, 0.4) is 0 Å². The van der Waals surface area contributed by atoms with Gasteiger partial charge in [0.05, 0.1) is 10.6 Å². The fraction of sp³-hybridized carbons (Fsp3) is 0.214. The van der Waals surface area contributed by atoms with E-state index in [1.165, 1.54) is 12.1 Å². The van der Waals surface area contributed by atoms with Gasteiger partial charge in [-0.3, -0.25) is 0 Å². The van der Waals surface area contributed by atoms with Crippen LogP contribution in [-0.2, 0) is 11.2 Å². The Kier molecular flexibility index (Phi) is 4.00. The topological polar surface area (TPSA) is 46.5 Å². The fourth-order valence-electron chi connectivity index (χ4n) is 2.03. The van der Waals surface area contributed by atoms with Crippen LogP contribution < -0.4 is 4.74 Å². The van der Waals surface area contributed by atoms with Crippen LogP contribution in [0, 0.1) is 0 Å². The van der Waals surface area contributed by atoms with Crippen molar-refractivity contribution in [1.82, 2.24) is 0 Å². The van der Waals surface area contributed by atoms with Gasteiger partial charge in [-0.05, 0) is 30.2 Å². The van der Waals surface area contributed by atoms with Gasteiger partial charge in [0.15, 0.2) is 0 Å². The van der Waals surface area contributed by atoms with E-state index in [9.17, 15) is 18.0 Å². The summed E-state index contributed by atoms with van der Waals surface area (Å²) in [4.78, 5) is 11.0. The third-order valence-electron chi connectivity index (χ3n) is 2.89. The Bertz CT molecular complexity index is 635. The van der Waals surface area contributed by atoms with Crippen LogP contribution >= 0.6 is 11.6 Å². The van der Waals surface area contributed by atoms with Crippen LogP contribution in [0.5, 0.6) is 5.75 Å². The summed E-state index contributed by atoms with van der Waals surface area (Å²) in [6.45, 7) is 3.55. The lowest BCUT2D eigenvalue weighted by Gasteiger charge is -2.27. The second-order valence-electron chi connectivity index (χ2n) is 4.43. The molecule has 1 aromatic carbocycles. The van der Waals surface area contributed by atoms with Crippen LogP contribution in [-0.4, -0.2) is 23.4 Å². The minimum Gasteiger partial charge on any atom is -0.478 e. The number of carbonyl (C=O) groups is 1. The minimum absolute atomic E-state index is 0.000659. The van der Waals surface area contributed by atoms with Crippen molar-refractivity contribution in [3.05, 3.63) is 46.5 Å². The smallest absolute Gasteiger partial charge is 0.430 e. The van der Waals surface area contributed by atoms with Crippen LogP contribution in [0.15, 0.2) is 30.4 Å². The monoisotopic (exact) mass is 318 g/mol. The van der Waals surface area contributed by atoms with Crippen LogP contribution in [0.4, 0.5) is 13.2 Å². The van der Waals surface area contributed by atoms with Gasteiger partial charge in [0.25, 0.3) is 0 Å². The summed E-state index contributed by atoms with van der Waals surface area (Å²) in [5.74, 6) is -1.86. The molecule has 1 unspecified atom stereocenters. The summed E-state index contributed by atoms with van der Waals surface area (Å²) in [6.07, 6.45) is -4.39. The molecule has 0 radical (unpaired) electrons. The first-order valence-corrected chi connectivity index (χ1v) is 6.23. The van der Waals surface area contributed by atoms with Gasteiger partial charge >= 0.3 is 12.1 Å². The zero-order valence-electron chi connectivity index (χ0n) is 10.6. The van der Waals surface area contributed by atoms with Crippen molar-refractivity contribution in [1.29, 1.82) is 0 Å². The van der Waals surface area contributed by atoms with E-state index in [2.05, 4.69) is 6.58 Å². The van der Waals surface area contributed by atoms with Gasteiger partial charge in [-0.1, -0.05) is 17.7 Å². The normalized spacial score (nSPS) is 17.5. The molecule has 0 saturated carbocycles. The maximum absolute atomic E-state index is 12.9. The Labute approximate surface area is 123 Å². The Balaban J connectivity index is 2.58. The molecule has 0 fully saturated rings. The molecule has 0 aromatic heterocycles. The van der Waals surface area contributed by atoms with Gasteiger partial charge in [0.2, 0.25) is 6.10 Å². The summed E-state index contributed by atoms with van der Waals surface area (Å²) in [5.41, 5.74) is 0.0304. The summed E-state index contributed by atoms with van der Waals surface area (Å²) >= 11 is 5.92. The van der Waals surface area contributed by atoms with Gasteiger partial charge in [-0.25, -0.2) is 4.79 Å². The lowest BCUT2D eigenvalue weighted by molar-refractivity contribution is -0.187.